The van der Waals surface area contributed by atoms with Crippen LogP contribution in [-0.4, -0.2) is 10.2 Å². The van der Waals surface area contributed by atoms with Crippen LogP contribution in [-0.2, 0) is 13.2 Å². The number of hydrogen-bond acceptors (Lipinski definition) is 4. The average Bonchev–Trinajstić information content (AvgIpc) is 2.59. The molecule has 4 nitrogen and oxygen atoms in total. The highest BCUT2D eigenvalue weighted by Crippen LogP contribution is 2.23. The van der Waals surface area contributed by atoms with E-state index in [1.165, 1.54) is 24.3 Å². The smallest absolute Gasteiger partial charge is 0.130 e. The summed E-state index contributed by atoms with van der Waals surface area (Å²) in [6.45, 7) is 0.148. The third kappa shape index (κ3) is 4.41. The fraction of sp³-hybridized carbons (Fsp3) is 0.100. The van der Waals surface area contributed by atoms with E-state index in [0.717, 1.165) is 0 Å². The average molecular weight is 340 g/mol. The minimum atomic E-state index is -0.392. The number of ether oxygens (including phenoxy) is 2. The van der Waals surface area contributed by atoms with Gasteiger partial charge in [-0.05, 0) is 35.9 Å². The van der Waals surface area contributed by atoms with Crippen LogP contribution in [0.3, 0.4) is 0 Å². The molecule has 0 saturated heterocycles. The first-order valence-corrected chi connectivity index (χ1v) is 7.72. The Morgan fingerprint density at radius 1 is 0.720 bits per heavy atom. The monoisotopic (exact) mass is 340 g/mol. The lowest BCUT2D eigenvalue weighted by molar-refractivity contribution is 0.279. The zero-order valence-electron chi connectivity index (χ0n) is 13.4. The zero-order chi connectivity index (χ0) is 17.6. The van der Waals surface area contributed by atoms with Crippen molar-refractivity contribution in [3.05, 3.63) is 83.7 Å². The van der Waals surface area contributed by atoms with E-state index in [1.807, 2.05) is 0 Å². The van der Waals surface area contributed by atoms with Gasteiger partial charge in [-0.2, -0.15) is 0 Å². The number of rotatable bonds is 6. The van der Waals surface area contributed by atoms with E-state index in [0.29, 0.717) is 22.6 Å². The highest BCUT2D eigenvalue weighted by atomic mass is 19.1. The fourth-order valence-corrected chi connectivity index (χ4v) is 2.36. The maximum atomic E-state index is 14.2. The van der Waals surface area contributed by atoms with Gasteiger partial charge in [0.05, 0.1) is 0 Å². The quantitative estimate of drug-likeness (QED) is 0.698. The molecule has 0 aliphatic rings. The summed E-state index contributed by atoms with van der Waals surface area (Å²) in [5.41, 5.74) is 1.02. The molecule has 3 rings (SSSR count). The Hall–Kier alpha value is -3.21. The highest BCUT2D eigenvalue weighted by molar-refractivity contribution is 5.34. The summed E-state index contributed by atoms with van der Waals surface area (Å²) < 4.78 is 25.4. The molecule has 0 radical (unpaired) electrons. The molecule has 128 valence electrons. The van der Waals surface area contributed by atoms with Crippen LogP contribution in [0, 0.1) is 5.82 Å². The third-order valence-electron chi connectivity index (χ3n) is 3.63. The first-order valence-electron chi connectivity index (χ1n) is 7.72. The van der Waals surface area contributed by atoms with Gasteiger partial charge in [0.1, 0.15) is 42.0 Å². The Labute approximate surface area is 144 Å². The molecular formula is C20H17FO4. The Morgan fingerprint density at radius 2 is 1.28 bits per heavy atom. The molecule has 0 aromatic heterocycles. The van der Waals surface area contributed by atoms with E-state index in [1.54, 1.807) is 42.5 Å². The van der Waals surface area contributed by atoms with Crippen molar-refractivity contribution in [3.8, 4) is 23.0 Å². The molecule has 0 amide bonds. The minimum absolute atomic E-state index is 0.00879. The van der Waals surface area contributed by atoms with Crippen LogP contribution < -0.4 is 9.47 Å². The molecule has 0 bridgehead atoms. The predicted octanol–water partition coefficient (Wildman–Crippen LogP) is 4.39. The SMILES string of the molecule is Oc1cccc(OCc2cccc(F)c2COc2cccc(O)c2)c1. The Morgan fingerprint density at radius 3 is 1.88 bits per heavy atom. The normalized spacial score (nSPS) is 10.4. The van der Waals surface area contributed by atoms with Crippen molar-refractivity contribution in [1.82, 2.24) is 0 Å². The molecular weight excluding hydrogens is 323 g/mol. The van der Waals surface area contributed by atoms with Crippen molar-refractivity contribution < 1.29 is 24.1 Å². The largest absolute Gasteiger partial charge is 0.508 e. The fourth-order valence-electron chi connectivity index (χ4n) is 2.36. The predicted molar refractivity (Wildman–Crippen MR) is 91.3 cm³/mol. The van der Waals surface area contributed by atoms with Gasteiger partial charge in [0.2, 0.25) is 0 Å². The van der Waals surface area contributed by atoms with E-state index in [9.17, 15) is 14.6 Å². The molecule has 0 unspecified atom stereocenters. The highest BCUT2D eigenvalue weighted by Gasteiger charge is 2.10. The van der Waals surface area contributed by atoms with Crippen LogP contribution in [0.1, 0.15) is 11.1 Å². The van der Waals surface area contributed by atoms with Gasteiger partial charge in [-0.25, -0.2) is 4.39 Å². The molecule has 0 heterocycles. The molecule has 0 atom stereocenters. The van der Waals surface area contributed by atoms with E-state index in [-0.39, 0.29) is 24.7 Å². The summed E-state index contributed by atoms with van der Waals surface area (Å²) in [5, 5.41) is 18.9. The Bertz CT molecular complexity index is 864. The van der Waals surface area contributed by atoms with Crippen LogP contribution >= 0.6 is 0 Å². The summed E-state index contributed by atoms with van der Waals surface area (Å²) in [5.74, 6) is 0.729. The second kappa shape index (κ2) is 7.57. The van der Waals surface area contributed by atoms with Gasteiger partial charge < -0.3 is 19.7 Å². The first-order chi connectivity index (χ1) is 12.1. The van der Waals surface area contributed by atoms with Gasteiger partial charge in [-0.15, -0.1) is 0 Å². The lowest BCUT2D eigenvalue weighted by atomic mass is 10.1. The molecule has 0 spiro atoms. The van der Waals surface area contributed by atoms with Crippen LogP contribution in [0.5, 0.6) is 23.0 Å². The summed E-state index contributed by atoms with van der Waals surface area (Å²) >= 11 is 0. The first kappa shape index (κ1) is 16.6. The number of hydrogen-bond donors (Lipinski definition) is 2. The standard InChI is InChI=1S/C20H17FO4/c21-20-9-1-4-14(12-24-17-7-2-5-15(22)10-17)19(20)13-25-18-8-3-6-16(23)11-18/h1-11,22-23H,12-13H2. The zero-order valence-corrected chi connectivity index (χ0v) is 13.4. The summed E-state index contributed by atoms with van der Waals surface area (Å²) in [6.07, 6.45) is 0. The van der Waals surface area contributed by atoms with Gasteiger partial charge in [-0.1, -0.05) is 24.3 Å². The second-order valence-electron chi connectivity index (χ2n) is 5.45. The van der Waals surface area contributed by atoms with Crippen molar-refractivity contribution >= 4 is 0 Å². The van der Waals surface area contributed by atoms with Crippen LogP contribution in [0.25, 0.3) is 0 Å². The van der Waals surface area contributed by atoms with E-state index in [2.05, 4.69) is 0 Å². The van der Waals surface area contributed by atoms with Crippen LogP contribution in [0.2, 0.25) is 0 Å². The molecule has 0 aliphatic carbocycles. The van der Waals surface area contributed by atoms with E-state index >= 15 is 0 Å². The lowest BCUT2D eigenvalue weighted by Gasteiger charge is -2.13. The van der Waals surface area contributed by atoms with Gasteiger partial charge in [0, 0.05) is 17.7 Å². The number of aromatic hydroxyl groups is 2. The molecule has 0 saturated carbocycles. The lowest BCUT2D eigenvalue weighted by Crippen LogP contribution is -2.06. The molecule has 0 fully saturated rings. The maximum Gasteiger partial charge on any atom is 0.130 e. The summed E-state index contributed by atoms with van der Waals surface area (Å²) in [7, 11) is 0. The molecule has 3 aromatic carbocycles. The van der Waals surface area contributed by atoms with Crippen molar-refractivity contribution in [2.75, 3.05) is 0 Å². The topological polar surface area (TPSA) is 58.9 Å². The van der Waals surface area contributed by atoms with Gasteiger partial charge in [-0.3, -0.25) is 0 Å². The number of phenols is 2. The Kier molecular flexibility index (Phi) is 5.04. The summed E-state index contributed by atoms with van der Waals surface area (Å²) in [6, 6.07) is 17.5. The third-order valence-corrected chi connectivity index (χ3v) is 3.63. The van der Waals surface area contributed by atoms with Crippen LogP contribution in [0.15, 0.2) is 66.7 Å². The molecule has 25 heavy (non-hydrogen) atoms. The maximum absolute atomic E-state index is 14.2. The minimum Gasteiger partial charge on any atom is -0.508 e. The molecule has 0 aliphatic heterocycles. The number of phenolic OH excluding ortho intramolecular Hbond substituents is 2. The van der Waals surface area contributed by atoms with Crippen molar-refractivity contribution in [2.24, 2.45) is 0 Å². The molecule has 5 heteroatoms. The molecule has 3 aromatic rings. The summed E-state index contributed by atoms with van der Waals surface area (Å²) in [4.78, 5) is 0. The number of benzene rings is 3. The molecule has 2 N–H and O–H groups in total. The van der Waals surface area contributed by atoms with Crippen LogP contribution in [0.4, 0.5) is 4.39 Å². The van der Waals surface area contributed by atoms with Crippen molar-refractivity contribution in [3.63, 3.8) is 0 Å². The second-order valence-corrected chi connectivity index (χ2v) is 5.45. The number of halogens is 1. The van der Waals surface area contributed by atoms with Gasteiger partial charge in [0.15, 0.2) is 0 Å². The van der Waals surface area contributed by atoms with E-state index < -0.39 is 5.82 Å². The van der Waals surface area contributed by atoms with Crippen molar-refractivity contribution in [2.45, 2.75) is 13.2 Å². The van der Waals surface area contributed by atoms with Gasteiger partial charge >= 0.3 is 0 Å². The van der Waals surface area contributed by atoms with Crippen molar-refractivity contribution in [1.29, 1.82) is 0 Å². The van der Waals surface area contributed by atoms with Gasteiger partial charge in [0.25, 0.3) is 0 Å². The Balaban J connectivity index is 1.73. The van der Waals surface area contributed by atoms with E-state index in [4.69, 9.17) is 9.47 Å².